The molecule has 1 aromatic heterocycles. The van der Waals surface area contributed by atoms with Crippen molar-refractivity contribution in [3.63, 3.8) is 0 Å². The number of benzene rings is 1. The number of hydrogen-bond donors (Lipinski definition) is 1. The number of amides is 1. The molecule has 0 unspecified atom stereocenters. The molecule has 1 N–H and O–H groups in total. The van der Waals surface area contributed by atoms with Gasteiger partial charge in [0.25, 0.3) is 5.91 Å². The number of aromatic nitrogens is 1. The summed E-state index contributed by atoms with van der Waals surface area (Å²) in [6.07, 6.45) is 5.58. The van der Waals surface area contributed by atoms with E-state index in [4.69, 9.17) is 4.74 Å². The lowest BCUT2D eigenvalue weighted by Gasteiger charge is -2.26. The summed E-state index contributed by atoms with van der Waals surface area (Å²) in [6, 6.07) is 7.83. The van der Waals surface area contributed by atoms with Crippen LogP contribution < -0.4 is 5.32 Å². The molecular weight excluding hydrogens is 394 g/mol. The smallest absolute Gasteiger partial charge is 0.340 e. The predicted octanol–water partition coefficient (Wildman–Crippen LogP) is 2.36. The molecule has 8 nitrogen and oxygen atoms in total. The van der Waals surface area contributed by atoms with E-state index in [1.54, 1.807) is 25.1 Å². The Balaban J connectivity index is 1.66. The molecule has 0 bridgehead atoms. The Bertz CT molecular complexity index is 986. The van der Waals surface area contributed by atoms with Gasteiger partial charge in [0.2, 0.25) is 10.0 Å². The number of anilines is 1. The summed E-state index contributed by atoms with van der Waals surface area (Å²) in [5.41, 5.74) is 1.18. The fourth-order valence-corrected chi connectivity index (χ4v) is 4.86. The number of carbonyl (C=O) groups excluding carboxylic acids is 2. The fourth-order valence-electron chi connectivity index (χ4n) is 3.10. The monoisotopic (exact) mass is 417 g/mol. The third kappa shape index (κ3) is 5.18. The Morgan fingerprint density at radius 1 is 1.17 bits per heavy atom. The maximum absolute atomic E-state index is 13.0. The van der Waals surface area contributed by atoms with E-state index in [2.05, 4.69) is 10.3 Å². The Morgan fingerprint density at radius 2 is 1.93 bits per heavy atom. The van der Waals surface area contributed by atoms with Gasteiger partial charge in [-0.25, -0.2) is 13.2 Å². The van der Waals surface area contributed by atoms with Crippen molar-refractivity contribution < 1.29 is 22.7 Å². The summed E-state index contributed by atoms with van der Waals surface area (Å²) in [4.78, 5) is 28.0. The van der Waals surface area contributed by atoms with E-state index >= 15 is 0 Å². The third-order valence-electron chi connectivity index (χ3n) is 4.64. The van der Waals surface area contributed by atoms with Crippen molar-refractivity contribution in [2.75, 3.05) is 25.0 Å². The fraction of sp³-hybridized carbons (Fsp3) is 0.350. The van der Waals surface area contributed by atoms with Crippen molar-refractivity contribution in [3.05, 3.63) is 53.9 Å². The average Bonchev–Trinajstić information content (AvgIpc) is 2.74. The van der Waals surface area contributed by atoms with Gasteiger partial charge < -0.3 is 10.1 Å². The maximum Gasteiger partial charge on any atom is 0.340 e. The first-order valence-electron chi connectivity index (χ1n) is 9.36. The van der Waals surface area contributed by atoms with E-state index < -0.39 is 28.5 Å². The van der Waals surface area contributed by atoms with E-state index in [0.717, 1.165) is 19.3 Å². The van der Waals surface area contributed by atoms with E-state index in [1.807, 2.05) is 0 Å². The van der Waals surface area contributed by atoms with Crippen LogP contribution in [-0.2, 0) is 19.6 Å². The minimum atomic E-state index is -3.62. The van der Waals surface area contributed by atoms with E-state index in [0.29, 0.717) is 24.3 Å². The molecule has 3 rings (SSSR count). The number of ether oxygens (including phenoxy) is 1. The maximum atomic E-state index is 13.0. The van der Waals surface area contributed by atoms with Crippen LogP contribution >= 0.6 is 0 Å². The number of nitrogens with zero attached hydrogens (tertiary/aromatic N) is 2. The quantitative estimate of drug-likeness (QED) is 0.724. The van der Waals surface area contributed by atoms with Crippen LogP contribution in [0.2, 0.25) is 0 Å². The van der Waals surface area contributed by atoms with Crippen LogP contribution in [0.5, 0.6) is 0 Å². The largest absolute Gasteiger partial charge is 0.452 e. The lowest BCUT2D eigenvalue weighted by atomic mass is 10.2. The molecule has 9 heteroatoms. The molecule has 1 amide bonds. The first-order valence-corrected chi connectivity index (χ1v) is 10.8. The minimum Gasteiger partial charge on any atom is -0.452 e. The highest BCUT2D eigenvalue weighted by atomic mass is 32.2. The zero-order valence-corrected chi connectivity index (χ0v) is 16.9. The Morgan fingerprint density at radius 3 is 2.62 bits per heavy atom. The summed E-state index contributed by atoms with van der Waals surface area (Å²) in [5, 5.41) is 2.58. The molecule has 1 fully saturated rings. The first kappa shape index (κ1) is 20.9. The highest BCUT2D eigenvalue weighted by molar-refractivity contribution is 7.89. The summed E-state index contributed by atoms with van der Waals surface area (Å²) in [5.74, 6) is -1.22. The minimum absolute atomic E-state index is 0.171. The SMILES string of the molecule is Cc1ccc(NC(=O)COC(=O)c2cccnc2)cc1S(=O)(=O)N1CCCCC1. The van der Waals surface area contributed by atoms with Crippen LogP contribution in [-0.4, -0.2) is 49.3 Å². The van der Waals surface area contributed by atoms with Crippen molar-refractivity contribution >= 4 is 27.6 Å². The van der Waals surface area contributed by atoms with Gasteiger partial charge >= 0.3 is 5.97 Å². The molecule has 0 saturated carbocycles. The molecule has 0 aliphatic carbocycles. The van der Waals surface area contributed by atoms with E-state index in [1.165, 1.54) is 28.8 Å². The number of hydrogen-bond acceptors (Lipinski definition) is 6. The van der Waals surface area contributed by atoms with Crippen molar-refractivity contribution in [2.24, 2.45) is 0 Å². The van der Waals surface area contributed by atoms with Crippen molar-refractivity contribution in [3.8, 4) is 0 Å². The Hall–Kier alpha value is -2.78. The molecule has 0 atom stereocenters. The van der Waals surface area contributed by atoms with Gasteiger partial charge in [0, 0.05) is 31.2 Å². The summed E-state index contributed by atoms with van der Waals surface area (Å²) < 4.78 is 32.4. The van der Waals surface area contributed by atoms with Crippen molar-refractivity contribution in [2.45, 2.75) is 31.1 Å². The van der Waals surface area contributed by atoms with Gasteiger partial charge in [0.05, 0.1) is 10.5 Å². The molecule has 2 heterocycles. The van der Waals surface area contributed by atoms with Gasteiger partial charge in [-0.2, -0.15) is 4.31 Å². The van der Waals surface area contributed by atoms with Gasteiger partial charge in [-0.3, -0.25) is 9.78 Å². The second-order valence-electron chi connectivity index (χ2n) is 6.81. The van der Waals surface area contributed by atoms with Crippen LogP contribution in [0.4, 0.5) is 5.69 Å². The normalized spacial score (nSPS) is 14.9. The van der Waals surface area contributed by atoms with Crippen LogP contribution in [0.15, 0.2) is 47.6 Å². The molecule has 0 spiro atoms. The molecule has 1 aliphatic rings. The number of aryl methyl sites for hydroxylation is 1. The molecule has 29 heavy (non-hydrogen) atoms. The molecular formula is C20H23N3O5S. The molecule has 0 radical (unpaired) electrons. The lowest BCUT2D eigenvalue weighted by Crippen LogP contribution is -2.36. The van der Waals surface area contributed by atoms with Gasteiger partial charge in [-0.15, -0.1) is 0 Å². The van der Waals surface area contributed by atoms with E-state index in [9.17, 15) is 18.0 Å². The zero-order chi connectivity index (χ0) is 20.9. The third-order valence-corrected chi connectivity index (χ3v) is 6.68. The molecule has 1 saturated heterocycles. The predicted molar refractivity (Wildman–Crippen MR) is 107 cm³/mol. The second kappa shape index (κ2) is 9.15. The number of rotatable bonds is 6. The average molecular weight is 417 g/mol. The summed E-state index contributed by atoms with van der Waals surface area (Å²) in [6.45, 7) is 2.24. The topological polar surface area (TPSA) is 106 Å². The summed E-state index contributed by atoms with van der Waals surface area (Å²) in [7, 11) is -3.62. The number of nitrogens with one attached hydrogen (secondary N) is 1. The van der Waals surface area contributed by atoms with Crippen LogP contribution in [0.3, 0.4) is 0 Å². The number of piperidine rings is 1. The number of pyridine rings is 1. The molecule has 154 valence electrons. The zero-order valence-electron chi connectivity index (χ0n) is 16.1. The first-order chi connectivity index (χ1) is 13.9. The van der Waals surface area contributed by atoms with Crippen LogP contribution in [0, 0.1) is 6.92 Å². The lowest BCUT2D eigenvalue weighted by molar-refractivity contribution is -0.119. The van der Waals surface area contributed by atoms with Gasteiger partial charge in [-0.05, 0) is 49.6 Å². The highest BCUT2D eigenvalue weighted by Crippen LogP contribution is 2.26. The summed E-state index contributed by atoms with van der Waals surface area (Å²) >= 11 is 0. The number of esters is 1. The van der Waals surface area contributed by atoms with Crippen molar-refractivity contribution in [1.29, 1.82) is 0 Å². The van der Waals surface area contributed by atoms with Crippen molar-refractivity contribution in [1.82, 2.24) is 9.29 Å². The Labute approximate surface area is 169 Å². The molecule has 2 aromatic rings. The Kier molecular flexibility index (Phi) is 6.60. The molecule has 1 aliphatic heterocycles. The van der Waals surface area contributed by atoms with Gasteiger partial charge in [-0.1, -0.05) is 12.5 Å². The van der Waals surface area contributed by atoms with Crippen LogP contribution in [0.25, 0.3) is 0 Å². The number of carbonyl (C=O) groups is 2. The van der Waals surface area contributed by atoms with Gasteiger partial charge in [0.1, 0.15) is 0 Å². The molecule has 1 aromatic carbocycles. The number of sulfonamides is 1. The van der Waals surface area contributed by atoms with E-state index in [-0.39, 0.29) is 10.5 Å². The van der Waals surface area contributed by atoms with Crippen LogP contribution in [0.1, 0.15) is 35.2 Å². The second-order valence-corrected chi connectivity index (χ2v) is 8.72. The highest BCUT2D eigenvalue weighted by Gasteiger charge is 2.27. The standard InChI is InChI=1S/C20H23N3O5S/c1-15-7-8-17(12-18(15)29(26,27)23-10-3-2-4-11-23)22-19(24)14-28-20(25)16-6-5-9-21-13-16/h5-9,12-13H,2-4,10-11,14H2,1H3,(H,22,24). The van der Waals surface area contributed by atoms with Gasteiger partial charge in [0.15, 0.2) is 6.61 Å².